The molecule has 0 aliphatic rings. The summed E-state index contributed by atoms with van der Waals surface area (Å²) < 4.78 is 10.6. The molecule has 0 radical (unpaired) electrons. The van der Waals surface area contributed by atoms with Crippen LogP contribution in [-0.2, 0) is 35.5 Å². The van der Waals surface area contributed by atoms with Crippen LogP contribution in [-0.4, -0.2) is 40.5 Å². The van der Waals surface area contributed by atoms with Gasteiger partial charge in [-0.05, 0) is 53.8 Å². The molecule has 0 bridgehead atoms. The standard InChI is InChI=1S/C31H34N6O5/c1-2-41-24-11-9-20(10-12-24)14-25(26-16-28(29(33)38)42-37-26)30(39)36-27(15-23-4-3-13-34-18-23)31(40)35-19-22-7-5-21(17-32)6-8-22/h3-13,16,18,25,27H,2,14-15,17,19,32H2,1H3,(H2,33,38)(H,35,40)(H,36,39)/t25-,27+/m1/s1. The third kappa shape index (κ3) is 8.24. The first-order valence-electron chi connectivity index (χ1n) is 13.6. The minimum atomic E-state index is -0.921. The average Bonchev–Trinajstić information content (AvgIpc) is 3.50. The third-order valence-corrected chi connectivity index (χ3v) is 6.64. The number of amides is 3. The molecule has 11 nitrogen and oxygen atoms in total. The fourth-order valence-electron chi connectivity index (χ4n) is 4.37. The fraction of sp³-hybridized carbons (Fsp3) is 0.258. The molecular weight excluding hydrogens is 536 g/mol. The summed E-state index contributed by atoms with van der Waals surface area (Å²) in [6.45, 7) is 3.11. The Labute approximate surface area is 243 Å². The van der Waals surface area contributed by atoms with E-state index in [9.17, 15) is 14.4 Å². The number of rotatable bonds is 14. The monoisotopic (exact) mass is 570 g/mol. The highest BCUT2D eigenvalue weighted by molar-refractivity contribution is 5.92. The van der Waals surface area contributed by atoms with E-state index in [1.807, 2.05) is 61.5 Å². The van der Waals surface area contributed by atoms with Gasteiger partial charge in [0, 0.05) is 38.0 Å². The summed E-state index contributed by atoms with van der Waals surface area (Å²) in [5.74, 6) is -1.99. The zero-order valence-corrected chi connectivity index (χ0v) is 23.3. The quantitative estimate of drug-likeness (QED) is 0.179. The van der Waals surface area contributed by atoms with Gasteiger partial charge in [0.2, 0.25) is 17.6 Å². The minimum Gasteiger partial charge on any atom is -0.494 e. The Morgan fingerprint density at radius 1 is 0.929 bits per heavy atom. The minimum absolute atomic E-state index is 0.167. The second-order valence-electron chi connectivity index (χ2n) is 9.68. The molecule has 2 aromatic carbocycles. The van der Waals surface area contributed by atoms with E-state index in [0.29, 0.717) is 18.9 Å². The van der Waals surface area contributed by atoms with Crippen molar-refractivity contribution in [3.63, 3.8) is 0 Å². The molecule has 2 heterocycles. The predicted molar refractivity (Wildman–Crippen MR) is 155 cm³/mol. The van der Waals surface area contributed by atoms with Crippen molar-refractivity contribution in [2.45, 2.75) is 44.8 Å². The molecule has 6 N–H and O–H groups in total. The highest BCUT2D eigenvalue weighted by atomic mass is 16.5. The van der Waals surface area contributed by atoms with Gasteiger partial charge in [-0.15, -0.1) is 0 Å². The summed E-state index contributed by atoms with van der Waals surface area (Å²) in [7, 11) is 0. The molecule has 42 heavy (non-hydrogen) atoms. The summed E-state index contributed by atoms with van der Waals surface area (Å²) in [4.78, 5) is 43.0. The van der Waals surface area contributed by atoms with E-state index in [4.69, 9.17) is 20.7 Å². The third-order valence-electron chi connectivity index (χ3n) is 6.64. The Balaban J connectivity index is 1.56. The molecule has 4 rings (SSSR count). The molecule has 0 aliphatic heterocycles. The van der Waals surface area contributed by atoms with Gasteiger partial charge in [-0.25, -0.2) is 0 Å². The molecule has 2 atom stereocenters. The van der Waals surface area contributed by atoms with E-state index >= 15 is 0 Å². The zero-order chi connectivity index (χ0) is 29.9. The number of pyridine rings is 1. The molecule has 4 aromatic rings. The number of carbonyl (C=O) groups is 3. The Kier molecular flexibility index (Phi) is 10.4. The zero-order valence-electron chi connectivity index (χ0n) is 23.3. The Morgan fingerprint density at radius 2 is 1.64 bits per heavy atom. The van der Waals surface area contributed by atoms with Gasteiger partial charge < -0.3 is 31.4 Å². The van der Waals surface area contributed by atoms with Gasteiger partial charge in [0.25, 0.3) is 5.91 Å². The maximum absolute atomic E-state index is 13.8. The number of nitrogens with one attached hydrogen (secondary N) is 2. The smallest absolute Gasteiger partial charge is 0.287 e. The molecule has 0 unspecified atom stereocenters. The van der Waals surface area contributed by atoms with Gasteiger partial charge in [-0.1, -0.05) is 47.6 Å². The Morgan fingerprint density at radius 3 is 2.26 bits per heavy atom. The SMILES string of the molecule is CCOc1ccc(C[C@@H](C(=O)N[C@@H](Cc2cccnc2)C(=O)NCc2ccc(CN)cc2)c2cc(C(N)=O)on2)cc1. The van der Waals surface area contributed by atoms with E-state index < -0.39 is 23.8 Å². The highest BCUT2D eigenvalue weighted by Crippen LogP contribution is 2.24. The molecule has 2 aromatic heterocycles. The number of nitrogens with zero attached hydrogens (tertiary/aromatic N) is 2. The second kappa shape index (κ2) is 14.6. The molecule has 3 amide bonds. The van der Waals surface area contributed by atoms with Crippen LogP contribution in [0, 0.1) is 0 Å². The van der Waals surface area contributed by atoms with Gasteiger partial charge in [0.05, 0.1) is 18.2 Å². The molecule has 218 valence electrons. The van der Waals surface area contributed by atoms with E-state index in [-0.39, 0.29) is 36.7 Å². The lowest BCUT2D eigenvalue weighted by Crippen LogP contribution is -2.49. The first kappa shape index (κ1) is 29.9. The van der Waals surface area contributed by atoms with Crippen molar-refractivity contribution >= 4 is 17.7 Å². The number of nitrogens with two attached hydrogens (primary N) is 2. The molecule has 0 spiro atoms. The number of hydrogen-bond donors (Lipinski definition) is 4. The number of carbonyl (C=O) groups excluding carboxylic acids is 3. The van der Waals surface area contributed by atoms with Crippen LogP contribution < -0.4 is 26.8 Å². The van der Waals surface area contributed by atoms with Crippen LogP contribution in [0.15, 0.2) is 83.6 Å². The van der Waals surface area contributed by atoms with E-state index in [1.54, 1.807) is 18.5 Å². The first-order valence-corrected chi connectivity index (χ1v) is 13.6. The Hall–Kier alpha value is -5.03. The van der Waals surface area contributed by atoms with Crippen LogP contribution in [0.2, 0.25) is 0 Å². The second-order valence-corrected chi connectivity index (χ2v) is 9.68. The van der Waals surface area contributed by atoms with Crippen LogP contribution in [0.25, 0.3) is 0 Å². The lowest BCUT2D eigenvalue weighted by atomic mass is 9.94. The molecule has 0 fully saturated rings. The summed E-state index contributed by atoms with van der Waals surface area (Å²) in [6.07, 6.45) is 3.71. The van der Waals surface area contributed by atoms with Crippen LogP contribution in [0.4, 0.5) is 0 Å². The van der Waals surface area contributed by atoms with Gasteiger partial charge in [0.15, 0.2) is 0 Å². The lowest BCUT2D eigenvalue weighted by molar-refractivity contribution is -0.129. The van der Waals surface area contributed by atoms with Crippen molar-refractivity contribution in [3.8, 4) is 5.75 Å². The summed E-state index contributed by atoms with van der Waals surface area (Å²) in [6, 6.07) is 18.9. The first-order chi connectivity index (χ1) is 20.4. The normalized spacial score (nSPS) is 12.2. The number of aromatic nitrogens is 2. The van der Waals surface area contributed by atoms with Crippen molar-refractivity contribution < 1.29 is 23.6 Å². The molecule has 0 saturated heterocycles. The van der Waals surface area contributed by atoms with Crippen molar-refractivity contribution in [1.82, 2.24) is 20.8 Å². The van der Waals surface area contributed by atoms with Gasteiger partial charge in [0.1, 0.15) is 11.8 Å². The van der Waals surface area contributed by atoms with Gasteiger partial charge in [-0.3, -0.25) is 19.4 Å². The largest absolute Gasteiger partial charge is 0.494 e. The van der Waals surface area contributed by atoms with Crippen molar-refractivity contribution in [3.05, 3.63) is 113 Å². The highest BCUT2D eigenvalue weighted by Gasteiger charge is 2.30. The van der Waals surface area contributed by atoms with Crippen LogP contribution in [0.1, 0.15) is 51.3 Å². The maximum Gasteiger partial charge on any atom is 0.287 e. The van der Waals surface area contributed by atoms with E-state index in [1.165, 1.54) is 6.07 Å². The van der Waals surface area contributed by atoms with E-state index in [2.05, 4.69) is 20.8 Å². The van der Waals surface area contributed by atoms with Gasteiger partial charge in [-0.2, -0.15) is 0 Å². The maximum atomic E-state index is 13.8. The number of hydrogen-bond acceptors (Lipinski definition) is 8. The average molecular weight is 571 g/mol. The van der Waals surface area contributed by atoms with Crippen LogP contribution in [0.5, 0.6) is 5.75 Å². The molecule has 0 aliphatic carbocycles. The van der Waals surface area contributed by atoms with Crippen LogP contribution in [0.3, 0.4) is 0 Å². The van der Waals surface area contributed by atoms with Gasteiger partial charge >= 0.3 is 0 Å². The number of benzene rings is 2. The topological polar surface area (TPSA) is 175 Å². The van der Waals surface area contributed by atoms with E-state index in [0.717, 1.165) is 22.3 Å². The molecule has 0 saturated carbocycles. The fourth-order valence-corrected chi connectivity index (χ4v) is 4.37. The predicted octanol–water partition coefficient (Wildman–Crippen LogP) is 2.40. The number of primary amides is 1. The molecule has 11 heteroatoms. The Bertz CT molecular complexity index is 1470. The van der Waals surface area contributed by atoms with Crippen molar-refractivity contribution in [2.75, 3.05) is 6.61 Å². The molecular formula is C31H34N6O5. The summed E-state index contributed by atoms with van der Waals surface area (Å²) in [5, 5.41) is 9.75. The number of ether oxygens (including phenoxy) is 1. The van der Waals surface area contributed by atoms with Crippen LogP contribution >= 0.6 is 0 Å². The summed E-state index contributed by atoms with van der Waals surface area (Å²) >= 11 is 0. The van der Waals surface area contributed by atoms with Crippen molar-refractivity contribution in [2.24, 2.45) is 11.5 Å². The lowest BCUT2D eigenvalue weighted by Gasteiger charge is -2.22. The van der Waals surface area contributed by atoms with Crippen molar-refractivity contribution in [1.29, 1.82) is 0 Å². The summed E-state index contributed by atoms with van der Waals surface area (Å²) in [5.41, 5.74) is 14.7.